The van der Waals surface area contributed by atoms with Crippen LogP contribution in [-0.4, -0.2) is 67.8 Å². The van der Waals surface area contributed by atoms with Gasteiger partial charge in [-0.25, -0.2) is 9.36 Å². The fourth-order valence-corrected chi connectivity index (χ4v) is 6.95. The molecule has 0 N–H and O–H groups in total. The third kappa shape index (κ3) is 4.13. The number of likely N-dealkylation sites (N-methyl/N-ethyl adjacent to an activating group) is 1. The van der Waals surface area contributed by atoms with Crippen molar-refractivity contribution in [3.63, 3.8) is 0 Å². The number of hydrogen-bond donors (Lipinski definition) is 0. The minimum absolute atomic E-state index is 0.00575. The number of aryl methyl sites for hydroxylation is 1. The van der Waals surface area contributed by atoms with Gasteiger partial charge in [-0.15, -0.1) is 0 Å². The molecular weight excluding hydrogens is 574 g/mol. The molecule has 4 aromatic rings. The first-order valence-electron chi connectivity index (χ1n) is 13.7. The minimum Gasteiger partial charge on any atom is -0.354 e. The van der Waals surface area contributed by atoms with Gasteiger partial charge in [0.15, 0.2) is 5.65 Å². The smallest absolute Gasteiger partial charge is 0.283 e. The molecule has 0 radical (unpaired) electrons. The molecule has 1 fully saturated rings. The molecule has 2 atom stereocenters. The van der Waals surface area contributed by atoms with Gasteiger partial charge < -0.3 is 14.7 Å². The van der Waals surface area contributed by atoms with Crippen LogP contribution >= 0.6 is 23.1 Å². The van der Waals surface area contributed by atoms with E-state index in [1.807, 2.05) is 50.8 Å². The van der Waals surface area contributed by atoms with E-state index in [1.165, 1.54) is 22.5 Å². The highest BCUT2D eigenvalue weighted by Gasteiger charge is 2.46. The SMILES string of the molecule is C=CC(=O)N1C[C@@H]2C(=O)N(C)c3c(c4cc(Cl)c(-c5ccns5)nc4n(-c4c(C)ccnc4C(C)C)c3=O)N2C[C@H]1C. The number of pyridine rings is 3. The molecule has 6 rings (SSSR count). The zero-order valence-corrected chi connectivity index (χ0v) is 25.5. The van der Waals surface area contributed by atoms with Crippen LogP contribution in [0.5, 0.6) is 0 Å². The van der Waals surface area contributed by atoms with E-state index in [-0.39, 0.29) is 41.6 Å². The van der Waals surface area contributed by atoms with Gasteiger partial charge in [0.2, 0.25) is 5.91 Å². The van der Waals surface area contributed by atoms with Crippen LogP contribution in [0.2, 0.25) is 5.02 Å². The lowest BCUT2D eigenvalue weighted by Crippen LogP contribution is -2.66. The van der Waals surface area contributed by atoms with E-state index in [4.69, 9.17) is 16.6 Å². The predicted octanol–water partition coefficient (Wildman–Crippen LogP) is 4.56. The van der Waals surface area contributed by atoms with E-state index >= 15 is 0 Å². The molecule has 0 aromatic carbocycles. The van der Waals surface area contributed by atoms with Gasteiger partial charge in [0.1, 0.15) is 17.4 Å². The Morgan fingerprint density at radius 2 is 1.93 bits per heavy atom. The number of carbonyl (C=O) groups excluding carboxylic acids is 2. The number of piperazine rings is 1. The first-order valence-corrected chi connectivity index (χ1v) is 14.8. The normalized spacial score (nSPS) is 18.5. The van der Waals surface area contributed by atoms with Crippen LogP contribution in [-0.2, 0) is 9.59 Å². The lowest BCUT2D eigenvalue weighted by molar-refractivity contribution is -0.130. The van der Waals surface area contributed by atoms with Crippen molar-refractivity contribution in [1.82, 2.24) is 23.8 Å². The van der Waals surface area contributed by atoms with Gasteiger partial charge in [-0.3, -0.25) is 23.9 Å². The summed E-state index contributed by atoms with van der Waals surface area (Å²) in [5.74, 6) is -0.506. The molecule has 12 heteroatoms. The number of aromatic nitrogens is 4. The molecule has 2 aliphatic heterocycles. The lowest BCUT2D eigenvalue weighted by Gasteiger charge is -2.49. The van der Waals surface area contributed by atoms with E-state index in [0.29, 0.717) is 39.7 Å². The van der Waals surface area contributed by atoms with Crippen molar-refractivity contribution in [1.29, 1.82) is 0 Å². The minimum atomic E-state index is -0.688. The summed E-state index contributed by atoms with van der Waals surface area (Å²) in [6, 6.07) is 4.59. The maximum Gasteiger partial charge on any atom is 0.283 e. The van der Waals surface area contributed by atoms with Crippen LogP contribution in [0.3, 0.4) is 0 Å². The van der Waals surface area contributed by atoms with Crippen LogP contribution in [0, 0.1) is 6.92 Å². The Kier molecular flexibility index (Phi) is 6.89. The third-order valence-corrected chi connectivity index (χ3v) is 9.12. The number of nitrogens with zero attached hydrogens (tertiary/aromatic N) is 7. The van der Waals surface area contributed by atoms with Crippen molar-refractivity contribution >= 4 is 57.4 Å². The van der Waals surface area contributed by atoms with Crippen LogP contribution in [0.25, 0.3) is 27.3 Å². The summed E-state index contributed by atoms with van der Waals surface area (Å²) in [4.78, 5) is 56.7. The molecule has 0 aliphatic carbocycles. The molecule has 4 aromatic heterocycles. The second-order valence-electron chi connectivity index (χ2n) is 11.0. The largest absolute Gasteiger partial charge is 0.354 e. The van der Waals surface area contributed by atoms with Crippen molar-refractivity contribution in [3.8, 4) is 16.3 Å². The van der Waals surface area contributed by atoms with E-state index in [9.17, 15) is 14.4 Å². The second kappa shape index (κ2) is 10.3. The number of hydrogen-bond acceptors (Lipinski definition) is 8. The summed E-state index contributed by atoms with van der Waals surface area (Å²) in [5, 5.41) is 1.02. The predicted molar refractivity (Wildman–Crippen MR) is 166 cm³/mol. The van der Waals surface area contributed by atoms with Crippen LogP contribution < -0.4 is 15.4 Å². The van der Waals surface area contributed by atoms with Gasteiger partial charge in [-0.05, 0) is 61.1 Å². The third-order valence-electron chi connectivity index (χ3n) is 8.08. The van der Waals surface area contributed by atoms with E-state index in [1.54, 1.807) is 28.9 Å². The van der Waals surface area contributed by atoms with Crippen molar-refractivity contribution < 1.29 is 9.59 Å². The standard InChI is InChI=1S/C30H30ClN7O3S/c1-7-22(39)36-14-20-29(40)35(6)27-26(37(20)13-17(36)5)18-12-19(31)24(21-9-11-33-42-21)34-28(18)38(30(27)41)25-16(4)8-10-32-23(25)15(2)3/h7-12,15,17,20H,1,13-14H2,2-6H3/t17-,20-/m1/s1. The number of carbonyl (C=O) groups is 2. The van der Waals surface area contributed by atoms with Crippen molar-refractivity contribution in [2.45, 2.75) is 45.7 Å². The molecular formula is C30H30ClN7O3S. The molecule has 1 saturated heterocycles. The summed E-state index contributed by atoms with van der Waals surface area (Å²) in [6.07, 6.45) is 4.68. The van der Waals surface area contributed by atoms with Crippen molar-refractivity contribution in [2.24, 2.45) is 0 Å². The summed E-state index contributed by atoms with van der Waals surface area (Å²) in [7, 11) is 1.61. The number of fused-ring (bicyclic) bond motifs is 5. The second-order valence-corrected chi connectivity index (χ2v) is 12.3. The van der Waals surface area contributed by atoms with E-state index in [0.717, 1.165) is 16.1 Å². The molecule has 0 saturated carbocycles. The lowest BCUT2D eigenvalue weighted by atomic mass is 9.98. The zero-order valence-electron chi connectivity index (χ0n) is 24.0. The van der Waals surface area contributed by atoms with Gasteiger partial charge in [0.25, 0.3) is 11.5 Å². The molecule has 10 nitrogen and oxygen atoms in total. The molecule has 6 heterocycles. The van der Waals surface area contributed by atoms with Gasteiger partial charge in [-0.1, -0.05) is 32.0 Å². The Morgan fingerprint density at radius 1 is 1.17 bits per heavy atom. The maximum absolute atomic E-state index is 14.7. The van der Waals surface area contributed by atoms with Crippen molar-refractivity contribution in [2.75, 3.05) is 29.9 Å². The topological polar surface area (TPSA) is 105 Å². The Labute approximate surface area is 252 Å². The molecule has 2 amide bonds. The molecule has 42 heavy (non-hydrogen) atoms. The summed E-state index contributed by atoms with van der Waals surface area (Å²) >= 11 is 8.16. The summed E-state index contributed by atoms with van der Waals surface area (Å²) < 4.78 is 5.80. The maximum atomic E-state index is 14.7. The number of rotatable bonds is 4. The Morgan fingerprint density at radius 3 is 2.60 bits per heavy atom. The molecule has 0 spiro atoms. The fourth-order valence-electron chi connectivity index (χ4n) is 6.04. The van der Waals surface area contributed by atoms with Crippen LogP contribution in [0.15, 0.2) is 48.0 Å². The van der Waals surface area contributed by atoms with E-state index in [2.05, 4.69) is 15.9 Å². The highest BCUT2D eigenvalue weighted by atomic mass is 35.5. The molecule has 2 aliphatic rings. The first-order chi connectivity index (χ1) is 20.0. The van der Waals surface area contributed by atoms with Crippen molar-refractivity contribution in [3.05, 3.63) is 69.9 Å². The van der Waals surface area contributed by atoms with Crippen LogP contribution in [0.4, 0.5) is 11.4 Å². The van der Waals surface area contributed by atoms with Gasteiger partial charge in [-0.2, -0.15) is 0 Å². The molecule has 216 valence electrons. The number of halogens is 1. The summed E-state index contributed by atoms with van der Waals surface area (Å²) in [5.41, 5.74) is 3.57. The Hall–Kier alpha value is -4.09. The highest BCUT2D eigenvalue weighted by molar-refractivity contribution is 7.09. The molecule has 0 unspecified atom stereocenters. The quantitative estimate of drug-likeness (QED) is 0.315. The Balaban J connectivity index is 1.73. The molecule has 0 bridgehead atoms. The van der Waals surface area contributed by atoms with Gasteiger partial charge >= 0.3 is 0 Å². The highest BCUT2D eigenvalue weighted by Crippen LogP contribution is 2.44. The fraction of sp³-hybridized carbons (Fsp3) is 0.333. The average Bonchev–Trinajstić information content (AvgIpc) is 3.50. The van der Waals surface area contributed by atoms with E-state index < -0.39 is 6.04 Å². The Bertz CT molecular complexity index is 1840. The van der Waals surface area contributed by atoms with Gasteiger partial charge in [0.05, 0.1) is 33.5 Å². The number of amides is 2. The first kappa shape index (κ1) is 28.0. The summed E-state index contributed by atoms with van der Waals surface area (Å²) in [6.45, 7) is 12.0. The van der Waals surface area contributed by atoms with Crippen LogP contribution in [0.1, 0.15) is 37.9 Å². The number of anilines is 2. The monoisotopic (exact) mass is 603 g/mol. The van der Waals surface area contributed by atoms with Gasteiger partial charge in [0, 0.05) is 37.4 Å². The zero-order chi connectivity index (χ0) is 30.0. The average molecular weight is 604 g/mol.